The fraction of sp³-hybridized carbons (Fsp3) is 0.400. The summed E-state index contributed by atoms with van der Waals surface area (Å²) in [4.78, 5) is 0. The minimum absolute atomic E-state index is 0.366. The minimum atomic E-state index is -1.85. The van der Waals surface area contributed by atoms with Gasteiger partial charge in [0.1, 0.15) is 8.24 Å². The van der Waals surface area contributed by atoms with E-state index in [1.807, 2.05) is 0 Å². The molecule has 0 aromatic heterocycles. The molecular formula is C30H36N2Si. The zero-order valence-corrected chi connectivity index (χ0v) is 21.0. The second kappa shape index (κ2) is 8.23. The van der Waals surface area contributed by atoms with E-state index in [4.69, 9.17) is 0 Å². The first-order chi connectivity index (χ1) is 16.1. The Morgan fingerprint density at radius 1 is 0.788 bits per heavy atom. The first kappa shape index (κ1) is 21.3. The summed E-state index contributed by atoms with van der Waals surface area (Å²) in [5, 5.41) is 4.09. The van der Waals surface area contributed by atoms with Crippen LogP contribution in [0, 0.1) is 23.7 Å². The van der Waals surface area contributed by atoms with Crippen LogP contribution in [0.2, 0.25) is 18.6 Å². The molecular weight excluding hydrogens is 416 g/mol. The van der Waals surface area contributed by atoms with Gasteiger partial charge in [-0.1, -0.05) is 117 Å². The van der Waals surface area contributed by atoms with Crippen molar-refractivity contribution in [2.24, 2.45) is 23.7 Å². The van der Waals surface area contributed by atoms with Crippen molar-refractivity contribution < 1.29 is 0 Å². The van der Waals surface area contributed by atoms with Crippen molar-refractivity contribution in [3.8, 4) is 0 Å². The van der Waals surface area contributed by atoms with Crippen LogP contribution in [0.5, 0.6) is 0 Å². The van der Waals surface area contributed by atoms with E-state index < -0.39 is 8.24 Å². The molecule has 1 heterocycles. The first-order valence-electron chi connectivity index (χ1n) is 12.8. The fourth-order valence-corrected chi connectivity index (χ4v) is 12.7. The van der Waals surface area contributed by atoms with Crippen LogP contribution in [0.4, 0.5) is 0 Å². The predicted octanol–water partition coefficient (Wildman–Crippen LogP) is 6.32. The number of hydrogen-bond acceptors (Lipinski definition) is 2. The molecule has 5 aliphatic rings. The van der Waals surface area contributed by atoms with Gasteiger partial charge in [-0.2, -0.15) is 0 Å². The lowest BCUT2D eigenvalue weighted by Gasteiger charge is -2.48. The van der Waals surface area contributed by atoms with Crippen LogP contribution in [0.15, 0.2) is 97.2 Å². The van der Waals surface area contributed by atoms with Crippen LogP contribution in [-0.2, 0) is 0 Å². The summed E-state index contributed by atoms with van der Waals surface area (Å²) < 4.78 is 2.98. The highest BCUT2D eigenvalue weighted by atomic mass is 28.3. The van der Waals surface area contributed by atoms with Crippen molar-refractivity contribution in [2.45, 2.75) is 50.2 Å². The Labute approximate surface area is 200 Å². The van der Waals surface area contributed by atoms with E-state index in [0.29, 0.717) is 47.5 Å². The molecule has 33 heavy (non-hydrogen) atoms. The van der Waals surface area contributed by atoms with Crippen LogP contribution < -0.4 is 5.32 Å². The highest BCUT2D eigenvalue weighted by molar-refractivity contribution is 6.76. The minimum Gasteiger partial charge on any atom is -0.301 e. The zero-order chi connectivity index (χ0) is 22.6. The van der Waals surface area contributed by atoms with Crippen LogP contribution in [0.3, 0.4) is 0 Å². The Morgan fingerprint density at radius 2 is 1.39 bits per heavy atom. The number of fused-ring (bicyclic) bond motifs is 4. The molecule has 2 nitrogen and oxygen atoms in total. The highest BCUT2D eigenvalue weighted by Gasteiger charge is 2.59. The lowest BCUT2D eigenvalue weighted by atomic mass is 9.83. The maximum atomic E-state index is 4.09. The van der Waals surface area contributed by atoms with E-state index in [9.17, 15) is 0 Å². The number of hydrogen-bond donors (Lipinski definition) is 1. The Morgan fingerprint density at radius 3 is 2.00 bits per heavy atom. The van der Waals surface area contributed by atoms with E-state index in [1.165, 1.54) is 11.1 Å². The molecule has 7 atom stereocenters. The topological polar surface area (TPSA) is 15.3 Å². The predicted molar refractivity (Wildman–Crippen MR) is 142 cm³/mol. The number of allylic oxidation sites excluding steroid dienone is 10. The summed E-state index contributed by atoms with van der Waals surface area (Å²) in [7, 11) is -1.85. The normalized spacial score (nSPS) is 38.8. The molecule has 1 N–H and O–H groups in total. The lowest BCUT2D eigenvalue weighted by Crippen LogP contribution is -2.60. The number of nitrogens with zero attached hydrogens (tertiary/aromatic N) is 1. The van der Waals surface area contributed by atoms with Crippen molar-refractivity contribution in [3.05, 3.63) is 103 Å². The Bertz CT molecular complexity index is 1040. The summed E-state index contributed by atoms with van der Waals surface area (Å²) >= 11 is 0. The van der Waals surface area contributed by atoms with Gasteiger partial charge in [-0.05, 0) is 46.8 Å². The van der Waals surface area contributed by atoms with Crippen LogP contribution in [0.1, 0.15) is 18.9 Å². The molecule has 1 saturated heterocycles. The van der Waals surface area contributed by atoms with E-state index >= 15 is 0 Å². The third-order valence-electron chi connectivity index (χ3n) is 8.98. The average Bonchev–Trinajstić information content (AvgIpc) is 3.41. The molecule has 2 fully saturated rings. The smallest absolute Gasteiger partial charge is 0.129 e. The van der Waals surface area contributed by atoms with Crippen molar-refractivity contribution in [3.63, 3.8) is 0 Å². The molecule has 1 aromatic rings. The molecule has 0 radical (unpaired) electrons. The van der Waals surface area contributed by atoms with Crippen molar-refractivity contribution >= 4 is 13.8 Å². The third-order valence-corrected chi connectivity index (χ3v) is 13.3. The average molecular weight is 453 g/mol. The Hall–Kier alpha value is -2.20. The highest BCUT2D eigenvalue weighted by Crippen LogP contribution is 2.59. The van der Waals surface area contributed by atoms with Gasteiger partial charge in [0.25, 0.3) is 0 Å². The molecule has 5 unspecified atom stereocenters. The Kier molecular flexibility index (Phi) is 5.32. The van der Waals surface area contributed by atoms with Gasteiger partial charge in [-0.3, -0.25) is 5.32 Å². The van der Waals surface area contributed by atoms with E-state index in [2.05, 4.69) is 127 Å². The van der Waals surface area contributed by atoms with Crippen molar-refractivity contribution in [1.82, 2.24) is 9.88 Å². The summed E-state index contributed by atoms with van der Waals surface area (Å²) in [5.74, 6) is 2.58. The molecule has 3 heteroatoms. The van der Waals surface area contributed by atoms with E-state index in [-0.39, 0.29) is 0 Å². The number of benzene rings is 1. The standard InChI is InChI=1S/C30H36N2Si/c1-4-28-31-29-22(21-13-6-5-7-14-21)19-12-20-27(29)32(28)33(2,3)30-25-17-10-8-15-23(25)24-16-9-11-18-26(24)30/h5-20,23-31H,4H2,1-3H3/t23?,24?,25?,26?,27-,28-,29?,30?/m1/s1. The maximum absolute atomic E-state index is 4.09. The van der Waals surface area contributed by atoms with Gasteiger partial charge < -0.3 is 4.57 Å². The van der Waals surface area contributed by atoms with Crippen molar-refractivity contribution in [2.75, 3.05) is 0 Å². The van der Waals surface area contributed by atoms with E-state index in [1.54, 1.807) is 0 Å². The number of nitrogens with one attached hydrogen (secondary N) is 1. The molecule has 1 aromatic carbocycles. The maximum Gasteiger partial charge on any atom is 0.129 e. The molecule has 1 saturated carbocycles. The van der Waals surface area contributed by atoms with Gasteiger partial charge in [0.15, 0.2) is 0 Å². The van der Waals surface area contributed by atoms with Crippen LogP contribution >= 0.6 is 0 Å². The zero-order valence-electron chi connectivity index (χ0n) is 20.0. The second-order valence-electron chi connectivity index (χ2n) is 10.9. The fourth-order valence-electron chi connectivity index (χ4n) is 7.76. The number of rotatable bonds is 4. The molecule has 0 bridgehead atoms. The van der Waals surface area contributed by atoms with Gasteiger partial charge in [0.05, 0.1) is 12.2 Å². The quantitative estimate of drug-likeness (QED) is 0.538. The van der Waals surface area contributed by atoms with Gasteiger partial charge in [-0.15, -0.1) is 0 Å². The third kappa shape index (κ3) is 3.28. The first-order valence-corrected chi connectivity index (χ1v) is 15.8. The van der Waals surface area contributed by atoms with Crippen LogP contribution in [-0.4, -0.2) is 31.1 Å². The molecule has 1 aliphatic heterocycles. The van der Waals surface area contributed by atoms with E-state index in [0.717, 1.165) is 6.42 Å². The summed E-state index contributed by atoms with van der Waals surface area (Å²) in [6, 6.07) is 11.8. The largest absolute Gasteiger partial charge is 0.301 e. The lowest BCUT2D eigenvalue weighted by molar-refractivity contribution is 0.312. The molecule has 0 amide bonds. The summed E-state index contributed by atoms with van der Waals surface area (Å²) in [5.41, 5.74) is 3.50. The van der Waals surface area contributed by atoms with Crippen molar-refractivity contribution in [1.29, 1.82) is 0 Å². The SMILES string of the molecule is CC[C@@H]1NC2C(c3ccccc3)=CC=C[C@H]2N1[Si](C)(C)C1C2C=CC=CC2C2C=CC=CC21. The monoisotopic (exact) mass is 452 g/mol. The second-order valence-corrected chi connectivity index (χ2v) is 15.4. The van der Waals surface area contributed by atoms with Crippen LogP contribution in [0.25, 0.3) is 5.57 Å². The molecule has 4 aliphatic carbocycles. The van der Waals surface area contributed by atoms with Gasteiger partial charge in [-0.25, -0.2) is 0 Å². The molecule has 6 rings (SSSR count). The molecule has 0 spiro atoms. The summed E-state index contributed by atoms with van der Waals surface area (Å²) in [6.45, 7) is 7.68. The van der Waals surface area contributed by atoms with Gasteiger partial charge in [0.2, 0.25) is 0 Å². The Balaban J connectivity index is 1.38. The summed E-state index contributed by atoms with van der Waals surface area (Å²) in [6.07, 6.45) is 27.9. The van der Waals surface area contributed by atoms with Gasteiger partial charge in [0, 0.05) is 6.04 Å². The van der Waals surface area contributed by atoms with Gasteiger partial charge >= 0.3 is 0 Å². The molecule has 170 valence electrons.